The van der Waals surface area contributed by atoms with E-state index >= 15 is 0 Å². The number of nitrogens with zero attached hydrogens (tertiary/aromatic N) is 1. The van der Waals surface area contributed by atoms with E-state index < -0.39 is 0 Å². The van der Waals surface area contributed by atoms with Crippen LogP contribution in [0.5, 0.6) is 0 Å². The number of nitriles is 1. The van der Waals surface area contributed by atoms with Gasteiger partial charge in [0.2, 0.25) is 0 Å². The second-order valence-electron chi connectivity index (χ2n) is 6.31. The van der Waals surface area contributed by atoms with Gasteiger partial charge in [-0.05, 0) is 50.4 Å². The molecule has 1 nitrogen and oxygen atoms in total. The topological polar surface area (TPSA) is 23.8 Å². The van der Waals surface area contributed by atoms with E-state index in [4.69, 9.17) is 5.26 Å². The van der Waals surface area contributed by atoms with Gasteiger partial charge in [-0.25, -0.2) is 0 Å². The average Bonchev–Trinajstić information content (AvgIpc) is 2.37. The SMILES string of the molecule is CC(C#N)CCC(C)C1CCC(C)CC1.CCC. The van der Waals surface area contributed by atoms with Crippen LogP contribution in [0.2, 0.25) is 0 Å². The summed E-state index contributed by atoms with van der Waals surface area (Å²) < 4.78 is 0. The highest BCUT2D eigenvalue weighted by molar-refractivity contribution is 4.80. The summed E-state index contributed by atoms with van der Waals surface area (Å²) in [5, 5.41) is 8.74. The van der Waals surface area contributed by atoms with Crippen molar-refractivity contribution in [2.24, 2.45) is 23.7 Å². The minimum absolute atomic E-state index is 0.245. The highest BCUT2D eigenvalue weighted by Crippen LogP contribution is 2.35. The van der Waals surface area contributed by atoms with Gasteiger partial charge in [-0.1, -0.05) is 47.0 Å². The zero-order chi connectivity index (χ0) is 14.0. The summed E-state index contributed by atoms with van der Waals surface area (Å²) in [4.78, 5) is 0. The number of hydrogen-bond donors (Lipinski definition) is 0. The van der Waals surface area contributed by atoms with Gasteiger partial charge in [-0.3, -0.25) is 0 Å². The van der Waals surface area contributed by atoms with Crippen LogP contribution in [0.1, 0.15) is 79.6 Å². The Hall–Kier alpha value is -0.510. The molecule has 18 heavy (non-hydrogen) atoms. The van der Waals surface area contributed by atoms with Crippen LogP contribution >= 0.6 is 0 Å². The summed E-state index contributed by atoms with van der Waals surface area (Å²) in [5.74, 6) is 2.96. The van der Waals surface area contributed by atoms with Gasteiger partial charge in [-0.15, -0.1) is 0 Å². The predicted octanol–water partition coefficient (Wildman–Crippen LogP) is 5.80. The Morgan fingerprint density at radius 1 is 1.06 bits per heavy atom. The van der Waals surface area contributed by atoms with Crippen LogP contribution in [0.15, 0.2) is 0 Å². The van der Waals surface area contributed by atoms with Crippen LogP contribution < -0.4 is 0 Å². The van der Waals surface area contributed by atoms with Gasteiger partial charge in [-0.2, -0.15) is 5.26 Å². The lowest BCUT2D eigenvalue weighted by Crippen LogP contribution is -2.19. The molecule has 0 aliphatic heterocycles. The van der Waals surface area contributed by atoms with E-state index in [0.717, 1.165) is 24.2 Å². The molecule has 0 aromatic carbocycles. The summed E-state index contributed by atoms with van der Waals surface area (Å²) in [6.07, 6.45) is 9.26. The Morgan fingerprint density at radius 3 is 2.00 bits per heavy atom. The van der Waals surface area contributed by atoms with Crippen LogP contribution in [-0.4, -0.2) is 0 Å². The molecule has 0 spiro atoms. The van der Waals surface area contributed by atoms with E-state index in [9.17, 15) is 0 Å². The van der Waals surface area contributed by atoms with Crippen LogP contribution in [0, 0.1) is 35.0 Å². The van der Waals surface area contributed by atoms with Gasteiger partial charge in [0.25, 0.3) is 0 Å². The van der Waals surface area contributed by atoms with Crippen LogP contribution in [0.25, 0.3) is 0 Å². The number of rotatable bonds is 4. The smallest absolute Gasteiger partial charge is 0.0652 e. The first-order valence-electron chi connectivity index (χ1n) is 7.94. The van der Waals surface area contributed by atoms with Gasteiger partial charge in [0, 0.05) is 5.92 Å². The maximum absolute atomic E-state index is 8.74. The van der Waals surface area contributed by atoms with Gasteiger partial charge >= 0.3 is 0 Å². The third-order valence-electron chi connectivity index (χ3n) is 4.14. The van der Waals surface area contributed by atoms with Gasteiger partial charge < -0.3 is 0 Å². The fraction of sp³-hybridized carbons (Fsp3) is 0.941. The maximum Gasteiger partial charge on any atom is 0.0652 e. The second-order valence-corrected chi connectivity index (χ2v) is 6.31. The molecule has 0 radical (unpaired) electrons. The predicted molar refractivity (Wildman–Crippen MR) is 80.3 cm³/mol. The molecule has 0 amide bonds. The fourth-order valence-electron chi connectivity index (χ4n) is 2.67. The molecule has 1 fully saturated rings. The van der Waals surface area contributed by atoms with Crippen molar-refractivity contribution in [3.8, 4) is 6.07 Å². The summed E-state index contributed by atoms with van der Waals surface area (Å²) in [7, 11) is 0. The Morgan fingerprint density at radius 2 is 1.56 bits per heavy atom. The lowest BCUT2D eigenvalue weighted by Gasteiger charge is -2.31. The van der Waals surface area contributed by atoms with Crippen LogP contribution in [0.4, 0.5) is 0 Å². The van der Waals surface area contributed by atoms with Crippen molar-refractivity contribution >= 4 is 0 Å². The molecule has 0 saturated heterocycles. The van der Waals surface area contributed by atoms with E-state index in [1.165, 1.54) is 38.5 Å². The van der Waals surface area contributed by atoms with Crippen molar-refractivity contribution in [3.05, 3.63) is 0 Å². The summed E-state index contributed by atoms with van der Waals surface area (Å²) in [6.45, 7) is 11.0. The molecule has 2 atom stereocenters. The van der Waals surface area contributed by atoms with Gasteiger partial charge in [0.05, 0.1) is 6.07 Å². The molecule has 2 unspecified atom stereocenters. The fourth-order valence-corrected chi connectivity index (χ4v) is 2.67. The summed E-state index contributed by atoms with van der Waals surface area (Å²) in [5.41, 5.74) is 0. The van der Waals surface area contributed by atoms with E-state index in [-0.39, 0.29) is 5.92 Å². The van der Waals surface area contributed by atoms with Gasteiger partial charge in [0.15, 0.2) is 0 Å². The molecule has 0 N–H and O–H groups in total. The Labute approximate surface area is 115 Å². The first-order chi connectivity index (χ1) is 8.54. The highest BCUT2D eigenvalue weighted by Gasteiger charge is 2.23. The maximum atomic E-state index is 8.74. The monoisotopic (exact) mass is 251 g/mol. The molecule has 1 aliphatic rings. The standard InChI is InChI=1S/C14H25N.C3H8/c1-11-5-8-14(9-6-11)13(3)7-4-12(2)10-15;1-3-2/h11-14H,4-9H2,1-3H3;3H2,1-2H3. The van der Waals surface area contributed by atoms with E-state index in [2.05, 4.69) is 33.8 Å². The second kappa shape index (κ2) is 10.4. The van der Waals surface area contributed by atoms with Crippen molar-refractivity contribution in [2.45, 2.75) is 79.6 Å². The number of hydrogen-bond acceptors (Lipinski definition) is 1. The van der Waals surface area contributed by atoms with Gasteiger partial charge in [0.1, 0.15) is 0 Å². The molecule has 1 heteroatoms. The lowest BCUT2D eigenvalue weighted by molar-refractivity contribution is 0.210. The molecule has 0 bridgehead atoms. The molecule has 0 aromatic rings. The van der Waals surface area contributed by atoms with E-state index in [1.807, 2.05) is 6.92 Å². The first kappa shape index (κ1) is 17.5. The van der Waals surface area contributed by atoms with Crippen molar-refractivity contribution in [2.75, 3.05) is 0 Å². The summed E-state index contributed by atoms with van der Waals surface area (Å²) >= 11 is 0. The highest BCUT2D eigenvalue weighted by atomic mass is 14.3. The quantitative estimate of drug-likeness (QED) is 0.619. The van der Waals surface area contributed by atoms with E-state index in [0.29, 0.717) is 0 Å². The molecule has 1 rings (SSSR count). The lowest BCUT2D eigenvalue weighted by atomic mass is 9.75. The molecule has 0 heterocycles. The normalized spacial score (nSPS) is 26.4. The van der Waals surface area contributed by atoms with Crippen molar-refractivity contribution in [1.29, 1.82) is 5.26 Å². The van der Waals surface area contributed by atoms with Crippen molar-refractivity contribution in [1.82, 2.24) is 0 Å². The molecule has 1 aliphatic carbocycles. The Bertz CT molecular complexity index is 220. The Balaban J connectivity index is 0.000000873. The van der Waals surface area contributed by atoms with Crippen molar-refractivity contribution < 1.29 is 0 Å². The average molecular weight is 251 g/mol. The zero-order valence-corrected chi connectivity index (χ0v) is 13.2. The van der Waals surface area contributed by atoms with Crippen molar-refractivity contribution in [3.63, 3.8) is 0 Å². The zero-order valence-electron chi connectivity index (χ0n) is 13.2. The van der Waals surface area contributed by atoms with Crippen LogP contribution in [-0.2, 0) is 0 Å². The largest absolute Gasteiger partial charge is 0.198 e. The molecule has 0 aromatic heterocycles. The molecule has 1 saturated carbocycles. The third-order valence-corrected chi connectivity index (χ3v) is 4.14. The Kier molecular flexibility index (Phi) is 10.1. The summed E-state index contributed by atoms with van der Waals surface area (Å²) in [6, 6.07) is 2.33. The molecular weight excluding hydrogens is 218 g/mol. The third kappa shape index (κ3) is 7.75. The molecule has 106 valence electrons. The molecular formula is C17H33N. The minimum atomic E-state index is 0.245. The van der Waals surface area contributed by atoms with E-state index in [1.54, 1.807) is 0 Å². The first-order valence-corrected chi connectivity index (χ1v) is 7.94. The van der Waals surface area contributed by atoms with Crippen LogP contribution in [0.3, 0.4) is 0 Å². The minimum Gasteiger partial charge on any atom is -0.198 e.